The van der Waals surface area contributed by atoms with Gasteiger partial charge in [-0.15, -0.1) is 0 Å². The van der Waals surface area contributed by atoms with Gasteiger partial charge >= 0.3 is 0 Å². The standard InChI is InChI=1S/C12H19N7S/c1-4-14-10-16-11(15-7-9(2)20-3)18-12(17-10)19-6-5-13-8-19/h5-6,8-9H,4,7H2,1-3H3,(H2,14,15,16,17,18). The highest BCUT2D eigenvalue weighted by atomic mass is 32.2. The van der Waals surface area contributed by atoms with Gasteiger partial charge in [-0.05, 0) is 13.2 Å². The van der Waals surface area contributed by atoms with Gasteiger partial charge in [0.05, 0.1) is 0 Å². The minimum atomic E-state index is 0.492. The lowest BCUT2D eigenvalue weighted by Gasteiger charge is -2.12. The van der Waals surface area contributed by atoms with Crippen molar-refractivity contribution in [1.29, 1.82) is 0 Å². The molecule has 8 heteroatoms. The van der Waals surface area contributed by atoms with Crippen LogP contribution in [0.25, 0.3) is 5.95 Å². The van der Waals surface area contributed by atoms with Crippen molar-refractivity contribution in [1.82, 2.24) is 24.5 Å². The topological polar surface area (TPSA) is 80.5 Å². The summed E-state index contributed by atoms with van der Waals surface area (Å²) in [5.41, 5.74) is 0. The molecule has 108 valence electrons. The Morgan fingerprint density at radius 1 is 1.25 bits per heavy atom. The van der Waals surface area contributed by atoms with Gasteiger partial charge in [-0.3, -0.25) is 4.57 Å². The van der Waals surface area contributed by atoms with Gasteiger partial charge in [-0.2, -0.15) is 26.7 Å². The van der Waals surface area contributed by atoms with Crippen molar-refractivity contribution < 1.29 is 0 Å². The summed E-state index contributed by atoms with van der Waals surface area (Å²) < 4.78 is 1.76. The smallest absolute Gasteiger partial charge is 0.241 e. The van der Waals surface area contributed by atoms with E-state index in [4.69, 9.17) is 0 Å². The van der Waals surface area contributed by atoms with Crippen LogP contribution in [0, 0.1) is 0 Å². The zero-order valence-electron chi connectivity index (χ0n) is 11.9. The first-order valence-corrected chi connectivity index (χ1v) is 7.76. The fraction of sp³-hybridized carbons (Fsp3) is 0.500. The second-order valence-corrected chi connectivity index (χ2v) is 5.49. The Labute approximate surface area is 122 Å². The third-order valence-corrected chi connectivity index (χ3v) is 3.62. The Morgan fingerprint density at radius 3 is 2.60 bits per heavy atom. The number of rotatable bonds is 7. The van der Waals surface area contributed by atoms with E-state index in [0.29, 0.717) is 23.1 Å². The monoisotopic (exact) mass is 293 g/mol. The first-order chi connectivity index (χ1) is 9.72. The molecule has 0 bridgehead atoms. The molecule has 0 saturated heterocycles. The minimum absolute atomic E-state index is 0.492. The van der Waals surface area contributed by atoms with E-state index < -0.39 is 0 Å². The quantitative estimate of drug-likeness (QED) is 0.803. The molecule has 1 unspecified atom stereocenters. The van der Waals surface area contributed by atoms with E-state index >= 15 is 0 Å². The van der Waals surface area contributed by atoms with Crippen LogP contribution >= 0.6 is 11.8 Å². The molecule has 0 spiro atoms. The Kier molecular flexibility index (Phi) is 5.16. The lowest BCUT2D eigenvalue weighted by Crippen LogP contribution is -2.17. The number of nitrogens with zero attached hydrogens (tertiary/aromatic N) is 5. The maximum Gasteiger partial charge on any atom is 0.241 e. The summed E-state index contributed by atoms with van der Waals surface area (Å²) in [5, 5.41) is 6.84. The van der Waals surface area contributed by atoms with Gasteiger partial charge in [-0.25, -0.2) is 4.98 Å². The van der Waals surface area contributed by atoms with Crippen LogP contribution in [-0.2, 0) is 0 Å². The predicted molar refractivity (Wildman–Crippen MR) is 82.6 cm³/mol. The van der Waals surface area contributed by atoms with Crippen molar-refractivity contribution >= 4 is 23.7 Å². The maximum absolute atomic E-state index is 4.40. The number of thioether (sulfide) groups is 1. The van der Waals surface area contributed by atoms with Crippen LogP contribution in [0.3, 0.4) is 0 Å². The first kappa shape index (κ1) is 14.6. The van der Waals surface area contributed by atoms with E-state index in [0.717, 1.165) is 13.1 Å². The van der Waals surface area contributed by atoms with E-state index in [-0.39, 0.29) is 0 Å². The summed E-state index contributed by atoms with van der Waals surface area (Å²) in [7, 11) is 0. The molecule has 0 amide bonds. The highest BCUT2D eigenvalue weighted by Gasteiger charge is 2.08. The zero-order chi connectivity index (χ0) is 14.4. The normalized spacial score (nSPS) is 12.2. The third kappa shape index (κ3) is 3.83. The van der Waals surface area contributed by atoms with Gasteiger partial charge in [0.1, 0.15) is 6.33 Å². The van der Waals surface area contributed by atoms with Crippen molar-refractivity contribution in [2.24, 2.45) is 0 Å². The van der Waals surface area contributed by atoms with Crippen LogP contribution in [0.15, 0.2) is 18.7 Å². The second-order valence-electron chi connectivity index (χ2n) is 4.21. The van der Waals surface area contributed by atoms with Crippen LogP contribution in [-0.4, -0.2) is 49.1 Å². The molecule has 0 radical (unpaired) electrons. The van der Waals surface area contributed by atoms with Crippen molar-refractivity contribution in [2.45, 2.75) is 19.1 Å². The van der Waals surface area contributed by atoms with Crippen LogP contribution in [0.4, 0.5) is 11.9 Å². The van der Waals surface area contributed by atoms with Gasteiger partial charge in [0.2, 0.25) is 17.8 Å². The summed E-state index contributed by atoms with van der Waals surface area (Å²) in [6.07, 6.45) is 7.25. The van der Waals surface area contributed by atoms with Crippen molar-refractivity contribution in [2.75, 3.05) is 30.0 Å². The molecule has 20 heavy (non-hydrogen) atoms. The van der Waals surface area contributed by atoms with Crippen LogP contribution in [0.5, 0.6) is 0 Å². The number of hydrogen-bond acceptors (Lipinski definition) is 7. The highest BCUT2D eigenvalue weighted by Crippen LogP contribution is 2.11. The van der Waals surface area contributed by atoms with Crippen LogP contribution < -0.4 is 10.6 Å². The van der Waals surface area contributed by atoms with Crippen molar-refractivity contribution in [3.05, 3.63) is 18.7 Å². The highest BCUT2D eigenvalue weighted by molar-refractivity contribution is 7.99. The summed E-state index contributed by atoms with van der Waals surface area (Å²) in [6, 6.07) is 0. The second kappa shape index (κ2) is 7.09. The molecular formula is C12H19N7S. The minimum Gasteiger partial charge on any atom is -0.354 e. The fourth-order valence-corrected chi connectivity index (χ4v) is 1.74. The van der Waals surface area contributed by atoms with E-state index in [1.807, 2.05) is 6.92 Å². The molecule has 2 N–H and O–H groups in total. The average molecular weight is 293 g/mol. The van der Waals surface area contributed by atoms with Crippen molar-refractivity contribution in [3.63, 3.8) is 0 Å². The van der Waals surface area contributed by atoms with Gasteiger partial charge in [0.15, 0.2) is 0 Å². The van der Waals surface area contributed by atoms with E-state index in [2.05, 4.69) is 43.7 Å². The molecule has 0 aliphatic carbocycles. The Bertz CT molecular complexity index is 529. The molecule has 2 aromatic rings. The van der Waals surface area contributed by atoms with Gasteiger partial charge in [0, 0.05) is 30.7 Å². The average Bonchev–Trinajstić information content (AvgIpc) is 2.99. The predicted octanol–water partition coefficient (Wildman–Crippen LogP) is 1.65. The molecule has 2 rings (SSSR count). The lowest BCUT2D eigenvalue weighted by molar-refractivity contribution is 0.880. The third-order valence-electron chi connectivity index (χ3n) is 2.64. The largest absolute Gasteiger partial charge is 0.354 e. The Hall–Kier alpha value is -1.83. The molecule has 2 heterocycles. The van der Waals surface area contributed by atoms with E-state index in [1.165, 1.54) is 0 Å². The number of imidazole rings is 1. The van der Waals surface area contributed by atoms with Crippen LogP contribution in [0.2, 0.25) is 0 Å². The molecule has 1 atom stereocenters. The maximum atomic E-state index is 4.40. The number of aromatic nitrogens is 5. The number of nitrogens with one attached hydrogen (secondary N) is 2. The van der Waals surface area contributed by atoms with Gasteiger partial charge in [-0.1, -0.05) is 6.92 Å². The van der Waals surface area contributed by atoms with Gasteiger partial charge < -0.3 is 10.6 Å². The summed E-state index contributed by atoms with van der Waals surface area (Å²) in [4.78, 5) is 17.1. The number of anilines is 2. The molecule has 7 nitrogen and oxygen atoms in total. The summed E-state index contributed by atoms with van der Waals surface area (Å²) >= 11 is 1.80. The lowest BCUT2D eigenvalue weighted by atomic mass is 10.5. The molecule has 0 aliphatic rings. The fourth-order valence-electron chi connectivity index (χ4n) is 1.49. The van der Waals surface area contributed by atoms with Crippen LogP contribution in [0.1, 0.15) is 13.8 Å². The summed E-state index contributed by atoms with van der Waals surface area (Å²) in [5.74, 6) is 1.68. The molecule has 2 aromatic heterocycles. The Morgan fingerprint density at radius 2 is 2.00 bits per heavy atom. The molecular weight excluding hydrogens is 274 g/mol. The van der Waals surface area contributed by atoms with E-state index in [9.17, 15) is 0 Å². The SMILES string of the molecule is CCNc1nc(NCC(C)SC)nc(-n2ccnc2)n1. The Balaban J connectivity index is 2.22. The van der Waals surface area contributed by atoms with Gasteiger partial charge in [0.25, 0.3) is 0 Å². The van der Waals surface area contributed by atoms with Crippen molar-refractivity contribution in [3.8, 4) is 5.95 Å². The van der Waals surface area contributed by atoms with E-state index in [1.54, 1.807) is 35.0 Å². The first-order valence-electron chi connectivity index (χ1n) is 6.48. The number of hydrogen-bond donors (Lipinski definition) is 2. The molecule has 0 saturated carbocycles. The molecule has 0 aliphatic heterocycles. The molecule has 0 fully saturated rings. The zero-order valence-corrected chi connectivity index (χ0v) is 12.7. The summed E-state index contributed by atoms with van der Waals surface area (Å²) in [6.45, 7) is 5.72. The molecule has 0 aromatic carbocycles.